The second kappa shape index (κ2) is 8.52. The molecule has 3 N–H and O–H groups in total. The molecule has 0 aliphatic rings. The highest BCUT2D eigenvalue weighted by Crippen LogP contribution is 2.26. The summed E-state index contributed by atoms with van der Waals surface area (Å²) in [7, 11) is 3.53. The van der Waals surface area contributed by atoms with E-state index in [0.717, 1.165) is 13.0 Å². The fraction of sp³-hybridized carbons (Fsp3) is 0.562. The smallest absolute Gasteiger partial charge is 0.241 e. The molecule has 0 radical (unpaired) electrons. The van der Waals surface area contributed by atoms with Gasteiger partial charge in [0.05, 0.1) is 18.8 Å². The Morgan fingerprint density at radius 1 is 1.43 bits per heavy atom. The summed E-state index contributed by atoms with van der Waals surface area (Å²) >= 11 is 0. The van der Waals surface area contributed by atoms with E-state index in [0.29, 0.717) is 17.1 Å². The van der Waals surface area contributed by atoms with Gasteiger partial charge in [-0.1, -0.05) is 19.8 Å². The number of likely N-dealkylation sites (N-methyl/N-ethyl adjacent to an activating group) is 1. The molecule has 1 unspecified atom stereocenters. The summed E-state index contributed by atoms with van der Waals surface area (Å²) < 4.78 is 5.24. The average Bonchev–Trinajstić information content (AvgIpc) is 2.48. The Kier molecular flexibility index (Phi) is 7.02. The van der Waals surface area contributed by atoms with Gasteiger partial charge in [-0.25, -0.2) is 0 Å². The van der Waals surface area contributed by atoms with Crippen molar-refractivity contribution in [3.63, 3.8) is 0 Å². The second-order valence-electron chi connectivity index (χ2n) is 5.31. The van der Waals surface area contributed by atoms with E-state index in [9.17, 15) is 4.79 Å². The zero-order chi connectivity index (χ0) is 15.8. The molecule has 5 nitrogen and oxygen atoms in total. The summed E-state index contributed by atoms with van der Waals surface area (Å²) in [4.78, 5) is 14.4. The fourth-order valence-electron chi connectivity index (χ4n) is 2.05. The summed E-state index contributed by atoms with van der Waals surface area (Å²) in [5.74, 6) is 0.529. The van der Waals surface area contributed by atoms with Crippen LogP contribution in [0.25, 0.3) is 0 Å². The molecule has 0 aliphatic heterocycles. The maximum atomic E-state index is 12.3. The van der Waals surface area contributed by atoms with Crippen molar-refractivity contribution in [1.29, 1.82) is 0 Å². The van der Waals surface area contributed by atoms with Gasteiger partial charge in [0.25, 0.3) is 0 Å². The third kappa shape index (κ3) is 5.27. The predicted octanol–water partition coefficient (Wildman–Crippen LogP) is 2.73. The quantitative estimate of drug-likeness (QED) is 0.571. The topological polar surface area (TPSA) is 67.6 Å². The highest BCUT2D eigenvalue weighted by atomic mass is 16.5. The lowest BCUT2D eigenvalue weighted by Crippen LogP contribution is -2.40. The molecule has 0 aromatic heterocycles. The van der Waals surface area contributed by atoms with Crippen molar-refractivity contribution < 1.29 is 9.53 Å². The molecule has 0 heterocycles. The van der Waals surface area contributed by atoms with E-state index in [1.807, 2.05) is 14.0 Å². The van der Waals surface area contributed by atoms with Gasteiger partial charge in [0, 0.05) is 11.8 Å². The highest BCUT2D eigenvalue weighted by molar-refractivity contribution is 5.96. The number of hydrogen-bond donors (Lipinski definition) is 2. The zero-order valence-corrected chi connectivity index (χ0v) is 13.5. The third-order valence-electron chi connectivity index (χ3n) is 3.64. The van der Waals surface area contributed by atoms with Gasteiger partial charge in [-0.3, -0.25) is 9.69 Å². The zero-order valence-electron chi connectivity index (χ0n) is 13.5. The molecule has 118 valence electrons. The van der Waals surface area contributed by atoms with Gasteiger partial charge in [0.15, 0.2) is 0 Å². The summed E-state index contributed by atoms with van der Waals surface area (Å²) in [6, 6.07) is 5.01. The van der Waals surface area contributed by atoms with Crippen molar-refractivity contribution >= 4 is 17.3 Å². The number of rotatable bonds is 8. The van der Waals surface area contributed by atoms with E-state index in [1.165, 1.54) is 12.8 Å². The fourth-order valence-corrected chi connectivity index (χ4v) is 2.05. The van der Waals surface area contributed by atoms with Gasteiger partial charge in [-0.15, -0.1) is 0 Å². The molecule has 1 amide bonds. The van der Waals surface area contributed by atoms with E-state index in [2.05, 4.69) is 17.1 Å². The van der Waals surface area contributed by atoms with Crippen LogP contribution in [0.3, 0.4) is 0 Å². The first-order valence-corrected chi connectivity index (χ1v) is 7.44. The van der Waals surface area contributed by atoms with Crippen molar-refractivity contribution in [1.82, 2.24) is 4.90 Å². The molecule has 0 saturated carbocycles. The van der Waals surface area contributed by atoms with Gasteiger partial charge in [-0.2, -0.15) is 0 Å². The summed E-state index contributed by atoms with van der Waals surface area (Å²) in [6.07, 6.45) is 3.47. The molecule has 0 spiro atoms. The number of anilines is 2. The maximum Gasteiger partial charge on any atom is 0.241 e. The van der Waals surface area contributed by atoms with Crippen LogP contribution in [0.15, 0.2) is 18.2 Å². The molecule has 1 rings (SSSR count). The Morgan fingerprint density at radius 2 is 2.14 bits per heavy atom. The normalized spacial score (nSPS) is 12.2. The Balaban J connectivity index is 2.63. The minimum absolute atomic E-state index is 0.0444. The van der Waals surface area contributed by atoms with Crippen LogP contribution >= 0.6 is 0 Å². The van der Waals surface area contributed by atoms with E-state index >= 15 is 0 Å². The number of amides is 1. The van der Waals surface area contributed by atoms with Crippen LogP contribution in [0.2, 0.25) is 0 Å². The van der Waals surface area contributed by atoms with Crippen molar-refractivity contribution in [2.24, 2.45) is 0 Å². The SMILES string of the molecule is CCCCCN(C)C(C)C(=O)Nc1ccc(N)cc1OC. The van der Waals surface area contributed by atoms with Crippen molar-refractivity contribution in [3.05, 3.63) is 18.2 Å². The Hall–Kier alpha value is -1.75. The van der Waals surface area contributed by atoms with Crippen LogP contribution < -0.4 is 15.8 Å². The predicted molar refractivity (Wildman–Crippen MR) is 87.7 cm³/mol. The lowest BCUT2D eigenvalue weighted by Gasteiger charge is -2.24. The van der Waals surface area contributed by atoms with E-state index < -0.39 is 0 Å². The average molecular weight is 293 g/mol. The molecular formula is C16H27N3O2. The first-order valence-electron chi connectivity index (χ1n) is 7.44. The molecule has 1 atom stereocenters. The van der Waals surface area contributed by atoms with Crippen molar-refractivity contribution in [2.45, 2.75) is 39.2 Å². The number of methoxy groups -OCH3 is 1. The number of benzene rings is 1. The van der Waals surface area contributed by atoms with Crippen molar-refractivity contribution in [2.75, 3.05) is 31.8 Å². The second-order valence-corrected chi connectivity index (χ2v) is 5.31. The number of ether oxygens (including phenoxy) is 1. The highest BCUT2D eigenvalue weighted by Gasteiger charge is 2.18. The van der Waals surface area contributed by atoms with Crippen LogP contribution in [0.4, 0.5) is 11.4 Å². The molecule has 0 saturated heterocycles. The molecule has 0 aliphatic carbocycles. The first-order chi connectivity index (χ1) is 9.99. The third-order valence-corrected chi connectivity index (χ3v) is 3.64. The van der Waals surface area contributed by atoms with E-state index in [4.69, 9.17) is 10.5 Å². The van der Waals surface area contributed by atoms with Crippen LogP contribution in [0.5, 0.6) is 5.75 Å². The number of hydrogen-bond acceptors (Lipinski definition) is 4. The van der Waals surface area contributed by atoms with E-state index in [1.54, 1.807) is 25.3 Å². The molecule has 1 aromatic carbocycles. The van der Waals surface area contributed by atoms with Gasteiger partial charge >= 0.3 is 0 Å². The summed E-state index contributed by atoms with van der Waals surface area (Å²) in [5, 5.41) is 2.90. The Bertz CT molecular complexity index is 463. The molecule has 1 aromatic rings. The van der Waals surface area contributed by atoms with Crippen LogP contribution in [-0.4, -0.2) is 37.6 Å². The van der Waals surface area contributed by atoms with Crippen LogP contribution in [0.1, 0.15) is 33.1 Å². The minimum atomic E-state index is -0.191. The van der Waals surface area contributed by atoms with Crippen LogP contribution in [0, 0.1) is 0 Å². The number of nitrogen functional groups attached to an aromatic ring is 1. The van der Waals surface area contributed by atoms with Crippen molar-refractivity contribution in [3.8, 4) is 5.75 Å². The van der Waals surface area contributed by atoms with E-state index in [-0.39, 0.29) is 11.9 Å². The Morgan fingerprint density at radius 3 is 2.76 bits per heavy atom. The molecular weight excluding hydrogens is 266 g/mol. The van der Waals surface area contributed by atoms with Crippen LogP contribution in [-0.2, 0) is 4.79 Å². The largest absolute Gasteiger partial charge is 0.494 e. The monoisotopic (exact) mass is 293 g/mol. The molecule has 5 heteroatoms. The number of nitrogens with two attached hydrogens (primary N) is 1. The van der Waals surface area contributed by atoms with Gasteiger partial charge in [0.1, 0.15) is 5.75 Å². The van der Waals surface area contributed by atoms with Gasteiger partial charge < -0.3 is 15.8 Å². The first kappa shape index (κ1) is 17.3. The number of nitrogens with zero attached hydrogens (tertiary/aromatic N) is 1. The van der Waals surface area contributed by atoms with Gasteiger partial charge in [0.2, 0.25) is 5.91 Å². The molecule has 0 bridgehead atoms. The number of unbranched alkanes of at least 4 members (excludes halogenated alkanes) is 2. The minimum Gasteiger partial charge on any atom is -0.494 e. The lowest BCUT2D eigenvalue weighted by molar-refractivity contribution is -0.120. The van der Waals surface area contributed by atoms with Gasteiger partial charge in [-0.05, 0) is 39.1 Å². The lowest BCUT2D eigenvalue weighted by atomic mass is 10.2. The summed E-state index contributed by atoms with van der Waals surface area (Å²) in [5.41, 5.74) is 6.96. The molecule has 0 fully saturated rings. The molecule has 21 heavy (non-hydrogen) atoms. The maximum absolute atomic E-state index is 12.3. The Labute approximate surface area is 127 Å². The standard InChI is InChI=1S/C16H27N3O2/c1-5-6-7-10-19(3)12(2)16(20)18-14-9-8-13(17)11-15(14)21-4/h8-9,11-12H,5-7,10,17H2,1-4H3,(H,18,20). The summed E-state index contributed by atoms with van der Waals surface area (Å²) in [6.45, 7) is 5.00. The number of carbonyl (C=O) groups is 1. The number of carbonyl (C=O) groups excluding carboxylic acids is 1. The number of nitrogens with one attached hydrogen (secondary N) is 1.